The average molecular weight is 170 g/mol. The molecule has 0 aliphatic carbocycles. The molecule has 2 nitrogen and oxygen atoms in total. The smallest absolute Gasteiger partial charge is 0.392 e. The average Bonchev–Trinajstić information content (AvgIpc) is 1.79. The number of aliphatic carboxylic acids is 1. The minimum absolute atomic E-state index is 0.185. The van der Waals surface area contributed by atoms with E-state index >= 15 is 0 Å². The summed E-state index contributed by atoms with van der Waals surface area (Å²) < 4.78 is 35.5. The summed E-state index contributed by atoms with van der Waals surface area (Å²) in [6.07, 6.45) is -5.40. The molecule has 0 aromatic carbocycles. The zero-order valence-electron chi connectivity index (χ0n) is 5.98. The molecule has 66 valence electrons. The van der Waals surface area contributed by atoms with Crippen LogP contribution in [0.15, 0.2) is 0 Å². The standard InChI is InChI=1S/C6H9F3O2/c1-2-4(3-5(10)11)6(7,8)9/h4H,2-3H2,1H3,(H,10,11)/t4-/m1/s1. The number of halogens is 3. The SMILES string of the molecule is CC[C@H](CC(=O)O)C(F)(F)F. The Labute approximate surface area is 62.0 Å². The highest BCUT2D eigenvalue weighted by Crippen LogP contribution is 2.30. The molecule has 0 spiro atoms. The van der Waals surface area contributed by atoms with Crippen molar-refractivity contribution in [2.24, 2.45) is 5.92 Å². The van der Waals surface area contributed by atoms with Gasteiger partial charge >= 0.3 is 12.1 Å². The van der Waals surface area contributed by atoms with Crippen LogP contribution in [0.1, 0.15) is 19.8 Å². The zero-order valence-corrected chi connectivity index (χ0v) is 5.98. The summed E-state index contributed by atoms with van der Waals surface area (Å²) >= 11 is 0. The Kier molecular flexibility index (Phi) is 3.35. The van der Waals surface area contributed by atoms with E-state index in [0.29, 0.717) is 0 Å². The molecule has 0 aliphatic heterocycles. The lowest BCUT2D eigenvalue weighted by Crippen LogP contribution is -2.24. The lowest BCUT2D eigenvalue weighted by Gasteiger charge is -2.15. The van der Waals surface area contributed by atoms with E-state index < -0.39 is 24.5 Å². The molecule has 0 aliphatic rings. The van der Waals surface area contributed by atoms with Gasteiger partial charge in [0.25, 0.3) is 0 Å². The fourth-order valence-corrected chi connectivity index (χ4v) is 0.702. The molecule has 0 aromatic rings. The van der Waals surface area contributed by atoms with Crippen LogP contribution in [0.2, 0.25) is 0 Å². The Balaban J connectivity index is 4.07. The van der Waals surface area contributed by atoms with Crippen LogP contribution >= 0.6 is 0 Å². The van der Waals surface area contributed by atoms with Crippen LogP contribution in [0, 0.1) is 5.92 Å². The van der Waals surface area contributed by atoms with Gasteiger partial charge in [0.2, 0.25) is 0 Å². The lowest BCUT2D eigenvalue weighted by molar-refractivity contribution is -0.183. The molecule has 0 saturated carbocycles. The monoisotopic (exact) mass is 170 g/mol. The minimum atomic E-state index is -4.38. The van der Waals surface area contributed by atoms with Gasteiger partial charge in [0.1, 0.15) is 0 Å². The largest absolute Gasteiger partial charge is 0.481 e. The summed E-state index contributed by atoms with van der Waals surface area (Å²) in [5, 5.41) is 8.08. The molecule has 0 unspecified atom stereocenters. The van der Waals surface area contributed by atoms with E-state index in [1.54, 1.807) is 0 Å². The van der Waals surface area contributed by atoms with E-state index in [-0.39, 0.29) is 6.42 Å². The van der Waals surface area contributed by atoms with Gasteiger partial charge in [0, 0.05) is 0 Å². The van der Waals surface area contributed by atoms with Crippen LogP contribution in [0.5, 0.6) is 0 Å². The molecule has 5 heteroatoms. The topological polar surface area (TPSA) is 37.3 Å². The normalized spacial score (nSPS) is 14.5. The molecule has 1 N–H and O–H groups in total. The Morgan fingerprint density at radius 2 is 2.00 bits per heavy atom. The molecule has 0 fully saturated rings. The third-order valence-electron chi connectivity index (χ3n) is 1.38. The number of carbonyl (C=O) groups is 1. The fourth-order valence-electron chi connectivity index (χ4n) is 0.702. The maximum absolute atomic E-state index is 11.8. The van der Waals surface area contributed by atoms with E-state index in [9.17, 15) is 18.0 Å². The molecule has 0 saturated heterocycles. The number of alkyl halides is 3. The number of hydrogen-bond donors (Lipinski definition) is 1. The molecule has 0 amide bonds. The number of carboxylic acids is 1. The summed E-state index contributed by atoms with van der Waals surface area (Å²) in [4.78, 5) is 9.92. The first-order valence-corrected chi connectivity index (χ1v) is 3.16. The van der Waals surface area contributed by atoms with E-state index in [1.165, 1.54) is 6.92 Å². The first-order valence-electron chi connectivity index (χ1n) is 3.16. The van der Waals surface area contributed by atoms with Crippen molar-refractivity contribution in [3.05, 3.63) is 0 Å². The number of hydrogen-bond acceptors (Lipinski definition) is 1. The summed E-state index contributed by atoms with van der Waals surface area (Å²) in [6, 6.07) is 0. The molecular formula is C6H9F3O2. The van der Waals surface area contributed by atoms with Crippen molar-refractivity contribution in [2.75, 3.05) is 0 Å². The van der Waals surface area contributed by atoms with Crippen molar-refractivity contribution >= 4 is 5.97 Å². The highest BCUT2D eigenvalue weighted by Gasteiger charge is 2.39. The van der Waals surface area contributed by atoms with Crippen molar-refractivity contribution in [1.82, 2.24) is 0 Å². The third kappa shape index (κ3) is 3.85. The minimum Gasteiger partial charge on any atom is -0.481 e. The van der Waals surface area contributed by atoms with Crippen molar-refractivity contribution in [2.45, 2.75) is 25.9 Å². The predicted molar refractivity (Wildman–Crippen MR) is 32.1 cm³/mol. The van der Waals surface area contributed by atoms with Gasteiger partial charge in [-0.15, -0.1) is 0 Å². The van der Waals surface area contributed by atoms with Crippen molar-refractivity contribution in [1.29, 1.82) is 0 Å². The first-order chi connectivity index (χ1) is 4.88. The van der Waals surface area contributed by atoms with Crippen LogP contribution in [-0.4, -0.2) is 17.3 Å². The van der Waals surface area contributed by atoms with Crippen molar-refractivity contribution in [3.63, 3.8) is 0 Å². The van der Waals surface area contributed by atoms with Gasteiger partial charge < -0.3 is 5.11 Å². The Hall–Kier alpha value is -0.740. The van der Waals surface area contributed by atoms with Crippen LogP contribution in [-0.2, 0) is 4.79 Å². The first kappa shape index (κ1) is 10.3. The van der Waals surface area contributed by atoms with Gasteiger partial charge in [-0.2, -0.15) is 13.2 Å². The van der Waals surface area contributed by atoms with E-state index in [2.05, 4.69) is 0 Å². The van der Waals surface area contributed by atoms with E-state index in [0.717, 1.165) is 0 Å². The van der Waals surface area contributed by atoms with Crippen LogP contribution in [0.25, 0.3) is 0 Å². The van der Waals surface area contributed by atoms with Gasteiger partial charge in [0.15, 0.2) is 0 Å². The molecule has 0 radical (unpaired) electrons. The predicted octanol–water partition coefficient (Wildman–Crippen LogP) is 2.05. The van der Waals surface area contributed by atoms with Crippen LogP contribution < -0.4 is 0 Å². The fraction of sp³-hybridized carbons (Fsp3) is 0.833. The molecule has 0 bridgehead atoms. The van der Waals surface area contributed by atoms with Gasteiger partial charge in [-0.1, -0.05) is 6.92 Å². The summed E-state index contributed by atoms with van der Waals surface area (Å²) in [5.74, 6) is -3.12. The van der Waals surface area contributed by atoms with E-state index in [1.807, 2.05) is 0 Å². The lowest BCUT2D eigenvalue weighted by atomic mass is 10.0. The van der Waals surface area contributed by atoms with Gasteiger partial charge in [0.05, 0.1) is 12.3 Å². The maximum atomic E-state index is 11.8. The molecule has 11 heavy (non-hydrogen) atoms. The Morgan fingerprint density at radius 1 is 1.55 bits per heavy atom. The maximum Gasteiger partial charge on any atom is 0.392 e. The molecule has 0 aromatic heterocycles. The summed E-state index contributed by atoms with van der Waals surface area (Å²) in [6.45, 7) is 1.32. The summed E-state index contributed by atoms with van der Waals surface area (Å²) in [7, 11) is 0. The highest BCUT2D eigenvalue weighted by atomic mass is 19.4. The highest BCUT2D eigenvalue weighted by molar-refractivity contribution is 5.67. The second kappa shape index (κ2) is 3.59. The molecule has 0 heterocycles. The number of carboxylic acid groups (broad SMARTS) is 1. The second-order valence-electron chi connectivity index (χ2n) is 2.24. The summed E-state index contributed by atoms with van der Waals surface area (Å²) in [5.41, 5.74) is 0. The van der Waals surface area contributed by atoms with Crippen LogP contribution in [0.4, 0.5) is 13.2 Å². The third-order valence-corrected chi connectivity index (χ3v) is 1.38. The van der Waals surface area contributed by atoms with Gasteiger partial charge in [-0.25, -0.2) is 0 Å². The van der Waals surface area contributed by atoms with Crippen LogP contribution in [0.3, 0.4) is 0 Å². The number of rotatable bonds is 3. The van der Waals surface area contributed by atoms with Crippen molar-refractivity contribution < 1.29 is 23.1 Å². The van der Waals surface area contributed by atoms with Gasteiger partial charge in [-0.3, -0.25) is 4.79 Å². The Morgan fingerprint density at radius 3 is 2.09 bits per heavy atom. The molecule has 1 atom stereocenters. The van der Waals surface area contributed by atoms with Crippen molar-refractivity contribution in [3.8, 4) is 0 Å². The van der Waals surface area contributed by atoms with Gasteiger partial charge in [-0.05, 0) is 6.42 Å². The second-order valence-corrected chi connectivity index (χ2v) is 2.24. The Bertz CT molecular complexity index is 141. The molecular weight excluding hydrogens is 161 g/mol. The van der Waals surface area contributed by atoms with E-state index in [4.69, 9.17) is 5.11 Å². The quantitative estimate of drug-likeness (QED) is 0.703. The molecule has 0 rings (SSSR count). The zero-order chi connectivity index (χ0) is 9.07.